The number of carbonyl (C=O) groups is 1. The molecule has 128 valence electrons. The van der Waals surface area contributed by atoms with Crippen molar-refractivity contribution in [3.8, 4) is 0 Å². The summed E-state index contributed by atoms with van der Waals surface area (Å²) >= 11 is 0. The molecule has 0 aromatic carbocycles. The Morgan fingerprint density at radius 1 is 1.35 bits per heavy atom. The average molecular weight is 321 g/mol. The van der Waals surface area contributed by atoms with E-state index in [4.69, 9.17) is 9.47 Å². The minimum atomic E-state index is -0.251. The molecular weight excluding hydrogens is 294 g/mol. The van der Waals surface area contributed by atoms with Crippen molar-refractivity contribution in [3.05, 3.63) is 29.6 Å². The molecule has 5 nitrogen and oxygen atoms in total. The van der Waals surface area contributed by atoms with E-state index < -0.39 is 0 Å². The molecule has 0 N–H and O–H groups in total. The molecule has 0 radical (unpaired) electrons. The fraction of sp³-hybridized carbons (Fsp3) is 0.667. The van der Waals surface area contributed by atoms with E-state index >= 15 is 0 Å². The lowest BCUT2D eigenvalue weighted by molar-refractivity contribution is -0.179. The summed E-state index contributed by atoms with van der Waals surface area (Å²) in [4.78, 5) is 14.4. The fourth-order valence-corrected chi connectivity index (χ4v) is 3.25. The summed E-state index contributed by atoms with van der Waals surface area (Å²) < 4.78 is 15.9. The molecule has 1 spiro atoms. The Kier molecular flexibility index (Phi) is 6.54. The minimum absolute atomic E-state index is 0.211. The first-order valence-corrected chi connectivity index (χ1v) is 8.39. The number of ether oxygens (including phenoxy) is 3. The second-order valence-electron chi connectivity index (χ2n) is 6.01. The van der Waals surface area contributed by atoms with Gasteiger partial charge in [0.15, 0.2) is 5.79 Å². The molecule has 23 heavy (non-hydrogen) atoms. The van der Waals surface area contributed by atoms with E-state index in [0.717, 1.165) is 38.9 Å². The number of aromatic nitrogens is 1. The van der Waals surface area contributed by atoms with Gasteiger partial charge in [0.2, 0.25) is 0 Å². The van der Waals surface area contributed by atoms with Gasteiger partial charge in [0, 0.05) is 37.6 Å². The van der Waals surface area contributed by atoms with Crippen molar-refractivity contribution in [2.75, 3.05) is 19.8 Å². The van der Waals surface area contributed by atoms with Crippen LogP contribution in [0, 0.1) is 6.92 Å². The maximum Gasteiger partial charge on any atom is 0.302 e. The monoisotopic (exact) mass is 321 g/mol. The van der Waals surface area contributed by atoms with Crippen LogP contribution in [0.2, 0.25) is 0 Å². The van der Waals surface area contributed by atoms with Gasteiger partial charge < -0.3 is 14.2 Å². The molecule has 0 amide bonds. The molecule has 1 aliphatic heterocycles. The van der Waals surface area contributed by atoms with Gasteiger partial charge in [-0.05, 0) is 38.3 Å². The average Bonchev–Trinajstić information content (AvgIpc) is 2.98. The van der Waals surface area contributed by atoms with Gasteiger partial charge in [-0.2, -0.15) is 0 Å². The van der Waals surface area contributed by atoms with Crippen molar-refractivity contribution in [2.24, 2.45) is 0 Å². The molecule has 1 saturated carbocycles. The number of pyridine rings is 1. The Morgan fingerprint density at radius 3 is 2.48 bits per heavy atom. The highest BCUT2D eigenvalue weighted by Crippen LogP contribution is 2.42. The van der Waals surface area contributed by atoms with E-state index in [-0.39, 0.29) is 11.8 Å². The maximum absolute atomic E-state index is 9.82. The summed E-state index contributed by atoms with van der Waals surface area (Å²) in [5, 5.41) is 0. The van der Waals surface area contributed by atoms with Crippen molar-refractivity contribution in [2.45, 2.75) is 58.2 Å². The summed E-state index contributed by atoms with van der Waals surface area (Å²) in [5.74, 6) is 0.117. The van der Waals surface area contributed by atoms with E-state index in [0.29, 0.717) is 12.5 Å². The Balaban J connectivity index is 0.000000277. The van der Waals surface area contributed by atoms with Gasteiger partial charge in [-0.15, -0.1) is 0 Å². The number of hydrogen-bond donors (Lipinski definition) is 0. The van der Waals surface area contributed by atoms with Gasteiger partial charge in [-0.25, -0.2) is 0 Å². The van der Waals surface area contributed by atoms with Crippen LogP contribution in [-0.2, 0) is 19.0 Å². The third-order valence-electron chi connectivity index (χ3n) is 4.35. The minimum Gasteiger partial charge on any atom is -0.466 e. The molecule has 0 bridgehead atoms. The molecule has 0 atom stereocenters. The molecule has 2 aliphatic rings. The lowest BCUT2D eigenvalue weighted by atomic mass is 9.82. The van der Waals surface area contributed by atoms with Gasteiger partial charge in [0.05, 0.1) is 19.8 Å². The number of nitrogens with zero attached hydrogens (tertiary/aromatic N) is 1. The van der Waals surface area contributed by atoms with Crippen LogP contribution in [0.5, 0.6) is 0 Å². The van der Waals surface area contributed by atoms with Crippen molar-refractivity contribution in [1.82, 2.24) is 4.98 Å². The van der Waals surface area contributed by atoms with Crippen LogP contribution in [0.15, 0.2) is 18.3 Å². The molecular formula is C18H27NO4. The smallest absolute Gasteiger partial charge is 0.302 e. The van der Waals surface area contributed by atoms with E-state index in [9.17, 15) is 4.79 Å². The molecule has 3 rings (SSSR count). The molecule has 1 aromatic heterocycles. The van der Waals surface area contributed by atoms with E-state index in [1.165, 1.54) is 18.2 Å². The Morgan fingerprint density at radius 2 is 2.00 bits per heavy atom. The first-order chi connectivity index (χ1) is 11.1. The van der Waals surface area contributed by atoms with Crippen LogP contribution < -0.4 is 0 Å². The number of aryl methyl sites for hydroxylation is 1. The second-order valence-corrected chi connectivity index (χ2v) is 6.01. The lowest BCUT2D eigenvalue weighted by Gasteiger charge is -2.35. The lowest BCUT2D eigenvalue weighted by Crippen LogP contribution is -2.34. The molecule has 2 fully saturated rings. The molecule has 1 aliphatic carbocycles. The predicted molar refractivity (Wildman–Crippen MR) is 87.1 cm³/mol. The zero-order valence-corrected chi connectivity index (χ0v) is 14.3. The zero-order valence-electron chi connectivity index (χ0n) is 14.3. The summed E-state index contributed by atoms with van der Waals surface area (Å²) in [6.45, 7) is 7.32. The Hall–Kier alpha value is -1.46. The van der Waals surface area contributed by atoms with Crippen LogP contribution in [0.3, 0.4) is 0 Å². The number of esters is 1. The van der Waals surface area contributed by atoms with Gasteiger partial charge in [0.1, 0.15) is 0 Å². The quantitative estimate of drug-likeness (QED) is 0.782. The van der Waals surface area contributed by atoms with E-state index in [2.05, 4.69) is 22.7 Å². The normalized spacial score (nSPS) is 20.0. The van der Waals surface area contributed by atoms with Gasteiger partial charge in [-0.1, -0.05) is 6.07 Å². The van der Waals surface area contributed by atoms with Crippen molar-refractivity contribution in [1.29, 1.82) is 0 Å². The molecule has 0 unspecified atom stereocenters. The largest absolute Gasteiger partial charge is 0.466 e. The molecule has 1 aromatic rings. The van der Waals surface area contributed by atoms with Crippen LogP contribution >= 0.6 is 0 Å². The third-order valence-corrected chi connectivity index (χ3v) is 4.35. The Labute approximate surface area is 138 Å². The molecule has 5 heteroatoms. The predicted octanol–water partition coefficient (Wildman–Crippen LogP) is 3.36. The van der Waals surface area contributed by atoms with Crippen LogP contribution in [0.4, 0.5) is 0 Å². The summed E-state index contributed by atoms with van der Waals surface area (Å²) in [7, 11) is 0. The molecule has 1 saturated heterocycles. The van der Waals surface area contributed by atoms with Gasteiger partial charge in [-0.3, -0.25) is 9.78 Å². The van der Waals surface area contributed by atoms with Crippen LogP contribution in [0.1, 0.15) is 56.7 Å². The second kappa shape index (κ2) is 8.41. The van der Waals surface area contributed by atoms with E-state index in [1.54, 1.807) is 6.92 Å². The van der Waals surface area contributed by atoms with E-state index in [1.807, 2.05) is 12.3 Å². The number of rotatable bonds is 2. The number of carbonyl (C=O) groups excluding carboxylic acids is 1. The summed E-state index contributed by atoms with van der Waals surface area (Å²) in [5.41, 5.74) is 2.57. The van der Waals surface area contributed by atoms with Crippen molar-refractivity contribution < 1.29 is 19.0 Å². The standard InChI is InChI=1S/C14H19NO2.C4H8O2/c1-11-3-2-8-15-13(11)12-4-6-14(7-5-12)16-9-10-17-14;1-3-6-4(2)5/h2-3,8,12H,4-7,9-10H2,1H3;3H2,1-2H3. The third kappa shape index (κ3) is 5.01. The topological polar surface area (TPSA) is 57.7 Å². The number of hydrogen-bond acceptors (Lipinski definition) is 5. The molecule has 2 heterocycles. The van der Waals surface area contributed by atoms with Crippen molar-refractivity contribution in [3.63, 3.8) is 0 Å². The SMILES string of the molecule is CCOC(C)=O.Cc1cccnc1C1CCC2(CC1)OCCO2. The maximum atomic E-state index is 9.82. The Bertz CT molecular complexity index is 501. The first kappa shape index (κ1) is 17.9. The summed E-state index contributed by atoms with van der Waals surface area (Å²) in [6.07, 6.45) is 6.16. The highest BCUT2D eigenvalue weighted by molar-refractivity contribution is 5.65. The first-order valence-electron chi connectivity index (χ1n) is 8.39. The van der Waals surface area contributed by atoms with Crippen LogP contribution in [0.25, 0.3) is 0 Å². The fourth-order valence-electron chi connectivity index (χ4n) is 3.25. The van der Waals surface area contributed by atoms with Crippen LogP contribution in [-0.4, -0.2) is 36.6 Å². The van der Waals surface area contributed by atoms with Crippen molar-refractivity contribution >= 4 is 5.97 Å². The zero-order chi connectivity index (χ0) is 16.7. The summed E-state index contributed by atoms with van der Waals surface area (Å²) in [6, 6.07) is 4.15. The highest BCUT2D eigenvalue weighted by Gasteiger charge is 2.40. The highest BCUT2D eigenvalue weighted by atomic mass is 16.7. The van der Waals surface area contributed by atoms with Gasteiger partial charge in [0.25, 0.3) is 0 Å². The van der Waals surface area contributed by atoms with Gasteiger partial charge >= 0.3 is 5.97 Å².